The zero-order chi connectivity index (χ0) is 16.0. The Hall–Kier alpha value is -1.34. The van der Waals surface area contributed by atoms with Crippen molar-refractivity contribution in [2.75, 3.05) is 24.7 Å². The van der Waals surface area contributed by atoms with Gasteiger partial charge >= 0.3 is 5.97 Å². The zero-order valence-corrected chi connectivity index (χ0v) is 14.0. The number of anilines is 1. The van der Waals surface area contributed by atoms with Crippen molar-refractivity contribution in [3.8, 4) is 0 Å². The van der Waals surface area contributed by atoms with E-state index in [1.165, 1.54) is 6.92 Å². The molecule has 1 aromatic rings. The molecule has 2 N–H and O–H groups in total. The largest absolute Gasteiger partial charge is 0.479 e. The van der Waals surface area contributed by atoms with E-state index in [1.807, 2.05) is 43.3 Å². The molecule has 0 aliphatic rings. The van der Waals surface area contributed by atoms with Crippen molar-refractivity contribution in [3.63, 3.8) is 0 Å². The summed E-state index contributed by atoms with van der Waals surface area (Å²) in [6, 6.07) is 7.84. The summed E-state index contributed by atoms with van der Waals surface area (Å²) in [5.74, 6) is -1.03. The number of nitrogens with zero attached hydrogens (tertiary/aromatic N) is 1. The van der Waals surface area contributed by atoms with Crippen LogP contribution < -0.4 is 10.2 Å². The molecule has 21 heavy (non-hydrogen) atoms. The molecule has 0 spiro atoms. The Kier molecular flexibility index (Phi) is 6.42. The third-order valence-electron chi connectivity index (χ3n) is 2.91. The van der Waals surface area contributed by atoms with Gasteiger partial charge < -0.3 is 15.3 Å². The number of nitrogens with one attached hydrogen (secondary N) is 1. The van der Waals surface area contributed by atoms with Gasteiger partial charge in [-0.3, -0.25) is 4.79 Å². The van der Waals surface area contributed by atoms with E-state index in [0.717, 1.165) is 23.0 Å². The van der Waals surface area contributed by atoms with E-state index < -0.39 is 16.7 Å². The van der Waals surface area contributed by atoms with Gasteiger partial charge in [-0.2, -0.15) is 12.6 Å². The topological polar surface area (TPSA) is 69.6 Å². The lowest BCUT2D eigenvalue weighted by Crippen LogP contribution is -2.50. The first-order valence-electron chi connectivity index (χ1n) is 6.34. The van der Waals surface area contributed by atoms with Gasteiger partial charge in [-0.25, -0.2) is 4.79 Å². The minimum Gasteiger partial charge on any atom is -0.479 e. The molecule has 0 aliphatic carbocycles. The van der Waals surface area contributed by atoms with E-state index in [0.29, 0.717) is 5.75 Å². The monoisotopic (exact) mass is 328 g/mol. The predicted molar refractivity (Wildman–Crippen MR) is 90.1 cm³/mol. The maximum atomic E-state index is 11.4. The highest BCUT2D eigenvalue weighted by Gasteiger charge is 2.35. The third-order valence-corrected chi connectivity index (χ3v) is 4.53. The van der Waals surface area contributed by atoms with Crippen molar-refractivity contribution in [2.45, 2.75) is 17.5 Å². The first-order chi connectivity index (χ1) is 9.78. The molecule has 5 nitrogen and oxygen atoms in total. The van der Waals surface area contributed by atoms with Gasteiger partial charge in [-0.05, 0) is 24.6 Å². The molecule has 0 saturated heterocycles. The van der Waals surface area contributed by atoms with Crippen LogP contribution in [-0.2, 0) is 15.3 Å². The third kappa shape index (κ3) is 5.17. The highest BCUT2D eigenvalue weighted by atomic mass is 32.2. The second kappa shape index (κ2) is 7.61. The van der Waals surface area contributed by atoms with Crippen LogP contribution in [0.3, 0.4) is 0 Å². The SMILES string of the molecule is CN(C)c1ccc(CSC(C)(NC(=O)CS)C(=O)O)cc1. The number of amides is 1. The fourth-order valence-corrected chi connectivity index (χ4v) is 2.61. The molecule has 1 atom stereocenters. The predicted octanol–water partition coefficient (Wildman–Crippen LogP) is 1.83. The maximum absolute atomic E-state index is 11.4. The minimum absolute atomic E-state index is 0.0407. The van der Waals surface area contributed by atoms with Crippen molar-refractivity contribution in [1.29, 1.82) is 0 Å². The molecule has 0 aromatic heterocycles. The standard InChI is InChI=1S/C14H20N2O3S2/c1-14(13(18)19,15-12(17)8-20)21-9-10-4-6-11(7-5-10)16(2)3/h4-7,20H,8-9H2,1-3H3,(H,15,17)(H,18,19). The summed E-state index contributed by atoms with van der Waals surface area (Å²) in [5.41, 5.74) is 2.08. The molecule has 0 saturated carbocycles. The summed E-state index contributed by atoms with van der Waals surface area (Å²) in [7, 11) is 3.91. The Morgan fingerprint density at radius 2 is 1.90 bits per heavy atom. The second-order valence-corrected chi connectivity index (χ2v) is 6.60. The van der Waals surface area contributed by atoms with E-state index >= 15 is 0 Å². The van der Waals surface area contributed by atoms with Crippen molar-refractivity contribution in [1.82, 2.24) is 5.32 Å². The Balaban J connectivity index is 2.73. The molecule has 0 heterocycles. The number of hydrogen-bond donors (Lipinski definition) is 3. The molecule has 1 unspecified atom stereocenters. The number of hydrogen-bond acceptors (Lipinski definition) is 5. The number of carbonyl (C=O) groups is 2. The molecular weight excluding hydrogens is 308 g/mol. The number of rotatable bonds is 7. The molecule has 1 aromatic carbocycles. The van der Waals surface area contributed by atoms with Crippen LogP contribution in [0.1, 0.15) is 12.5 Å². The molecule has 0 fully saturated rings. The number of carbonyl (C=O) groups excluding carboxylic acids is 1. The van der Waals surface area contributed by atoms with Crippen LogP contribution in [0.5, 0.6) is 0 Å². The van der Waals surface area contributed by atoms with E-state index in [4.69, 9.17) is 0 Å². The zero-order valence-electron chi connectivity index (χ0n) is 12.3. The number of carboxylic acids is 1. The molecule has 1 rings (SSSR count). The van der Waals surface area contributed by atoms with Gasteiger partial charge in [-0.1, -0.05) is 12.1 Å². The van der Waals surface area contributed by atoms with Gasteiger partial charge in [0.2, 0.25) is 5.91 Å². The van der Waals surface area contributed by atoms with Gasteiger partial charge in [-0.15, -0.1) is 11.8 Å². The summed E-state index contributed by atoms with van der Waals surface area (Å²) < 4.78 is 0. The molecule has 0 aliphatic heterocycles. The maximum Gasteiger partial charge on any atom is 0.339 e. The lowest BCUT2D eigenvalue weighted by atomic mass is 10.2. The van der Waals surface area contributed by atoms with Crippen LogP contribution in [0, 0.1) is 0 Å². The van der Waals surface area contributed by atoms with Crippen molar-refractivity contribution in [3.05, 3.63) is 29.8 Å². The molecule has 1 amide bonds. The van der Waals surface area contributed by atoms with Crippen LogP contribution in [0.25, 0.3) is 0 Å². The first-order valence-corrected chi connectivity index (χ1v) is 7.96. The minimum atomic E-state index is -1.36. The van der Waals surface area contributed by atoms with E-state index in [9.17, 15) is 14.7 Å². The van der Waals surface area contributed by atoms with Gasteiger partial charge in [0.05, 0.1) is 5.75 Å². The highest BCUT2D eigenvalue weighted by Crippen LogP contribution is 2.27. The van der Waals surface area contributed by atoms with E-state index in [-0.39, 0.29) is 5.75 Å². The summed E-state index contributed by atoms with van der Waals surface area (Å²) in [6.45, 7) is 1.48. The Bertz CT molecular complexity index is 505. The summed E-state index contributed by atoms with van der Waals surface area (Å²) in [5, 5.41) is 11.8. The van der Waals surface area contributed by atoms with Crippen molar-refractivity contribution < 1.29 is 14.7 Å². The lowest BCUT2D eigenvalue weighted by Gasteiger charge is -2.25. The fourth-order valence-electron chi connectivity index (χ4n) is 1.57. The lowest BCUT2D eigenvalue weighted by molar-refractivity contribution is -0.142. The summed E-state index contributed by atoms with van der Waals surface area (Å²) >= 11 is 5.01. The molecule has 116 valence electrons. The smallest absolute Gasteiger partial charge is 0.339 e. The first kappa shape index (κ1) is 17.7. The average Bonchev–Trinajstić information content (AvgIpc) is 2.45. The Morgan fingerprint density at radius 3 is 2.33 bits per heavy atom. The van der Waals surface area contributed by atoms with Gasteiger partial charge in [0.15, 0.2) is 4.87 Å². The molecular formula is C14H20N2O3S2. The van der Waals surface area contributed by atoms with Crippen molar-refractivity contribution in [2.24, 2.45) is 0 Å². The van der Waals surface area contributed by atoms with E-state index in [1.54, 1.807) is 0 Å². The number of carboxylic acid groups (broad SMARTS) is 1. The van der Waals surface area contributed by atoms with Gasteiger partial charge in [0, 0.05) is 25.5 Å². The highest BCUT2D eigenvalue weighted by molar-refractivity contribution is 8.00. The Morgan fingerprint density at radius 1 is 1.33 bits per heavy atom. The number of aliphatic carboxylic acids is 1. The van der Waals surface area contributed by atoms with Crippen LogP contribution in [0.4, 0.5) is 5.69 Å². The number of thioether (sulfide) groups is 1. The Labute approximate surface area is 134 Å². The quantitative estimate of drug-likeness (QED) is 0.526. The second-order valence-electron chi connectivity index (χ2n) is 4.89. The average molecular weight is 328 g/mol. The van der Waals surface area contributed by atoms with E-state index in [2.05, 4.69) is 17.9 Å². The molecule has 7 heteroatoms. The van der Waals surface area contributed by atoms with Crippen molar-refractivity contribution >= 4 is 42.0 Å². The van der Waals surface area contributed by atoms with Crippen LogP contribution in [0.15, 0.2) is 24.3 Å². The number of thiol groups is 1. The van der Waals surface area contributed by atoms with Crippen LogP contribution in [0.2, 0.25) is 0 Å². The van der Waals surface area contributed by atoms with Gasteiger partial charge in [0.1, 0.15) is 0 Å². The number of benzene rings is 1. The summed E-state index contributed by atoms with van der Waals surface area (Å²) in [6.07, 6.45) is 0. The normalized spacial score (nSPS) is 13.3. The molecule has 0 radical (unpaired) electrons. The fraction of sp³-hybridized carbons (Fsp3) is 0.429. The van der Waals surface area contributed by atoms with Crippen LogP contribution in [-0.4, -0.2) is 41.7 Å². The summed E-state index contributed by atoms with van der Waals surface area (Å²) in [4.78, 5) is 23.4. The molecule has 0 bridgehead atoms. The van der Waals surface area contributed by atoms with Gasteiger partial charge in [0.25, 0.3) is 0 Å². The van der Waals surface area contributed by atoms with Crippen LogP contribution >= 0.6 is 24.4 Å².